The van der Waals surface area contributed by atoms with Crippen LogP contribution >= 0.6 is 31.4 Å². The molecule has 0 unspecified atom stereocenters. The van der Waals surface area contributed by atoms with E-state index in [9.17, 15) is 0 Å². The lowest BCUT2D eigenvalue weighted by molar-refractivity contribution is 0.230. The minimum Gasteiger partial charge on any atom is -0.302 e. The molecule has 0 aliphatic carbocycles. The van der Waals surface area contributed by atoms with E-state index in [1.807, 2.05) is 31.4 Å². The van der Waals surface area contributed by atoms with Gasteiger partial charge in [-0.25, -0.2) is 0 Å². The Morgan fingerprint density at radius 1 is 1.20 bits per heavy atom. The van der Waals surface area contributed by atoms with Crippen molar-refractivity contribution in [2.24, 2.45) is 0 Å². The first-order chi connectivity index (χ1) is 4.65. The minimum absolute atomic E-state index is 0.417. The second kappa shape index (κ2) is 3.61. The molecule has 0 bridgehead atoms. The normalized spacial score (nSPS) is 25.2. The van der Waals surface area contributed by atoms with Crippen LogP contribution in [0.3, 0.4) is 0 Å². The van der Waals surface area contributed by atoms with E-state index in [-0.39, 0.29) is 0 Å². The first-order valence-electron chi connectivity index (χ1n) is 3.24. The average molecular weight is 195 g/mol. The molecule has 0 amide bonds. The molecule has 0 aromatic heterocycles. The van der Waals surface area contributed by atoms with Gasteiger partial charge in [0.05, 0.1) is 0 Å². The Kier molecular flexibility index (Phi) is 3.28. The summed E-state index contributed by atoms with van der Waals surface area (Å²) in [5, 5.41) is 0. The Hall–Kier alpha value is 1.01. The largest absolute Gasteiger partial charge is 0.302 e. The molecule has 1 fully saturated rings. The molecule has 0 saturated carbocycles. The van der Waals surface area contributed by atoms with Gasteiger partial charge >= 0.3 is 0 Å². The molecule has 0 atom stereocenters. The Bertz CT molecular complexity index is 110. The third kappa shape index (κ3) is 2.00. The molecule has 1 heterocycles. The van der Waals surface area contributed by atoms with Crippen LogP contribution in [0.25, 0.3) is 0 Å². The van der Waals surface area contributed by atoms with Crippen molar-refractivity contribution in [2.45, 2.75) is 12.5 Å². The molecule has 60 valence electrons. The molecule has 0 radical (unpaired) electrons. The van der Waals surface area contributed by atoms with Crippen LogP contribution in [0.2, 0.25) is 0 Å². The third-order valence-corrected chi connectivity index (χ3v) is 6.60. The van der Waals surface area contributed by atoms with Gasteiger partial charge in [0.15, 0.2) is 0 Å². The zero-order valence-electron chi connectivity index (χ0n) is 6.59. The topological polar surface area (TPSA) is 3.24 Å². The summed E-state index contributed by atoms with van der Waals surface area (Å²) in [5.41, 5.74) is 0.417. The van der Waals surface area contributed by atoms with Gasteiger partial charge < -0.3 is 4.90 Å². The molecule has 0 spiro atoms. The predicted octanol–water partition coefficient (Wildman–Crippen LogP) is 2.35. The lowest BCUT2D eigenvalue weighted by Crippen LogP contribution is -2.46. The van der Waals surface area contributed by atoms with Crippen LogP contribution in [0.1, 0.15) is 6.92 Å². The average Bonchev–Trinajstić information content (AvgIpc) is 1.89. The van der Waals surface area contributed by atoms with Gasteiger partial charge in [-0.1, -0.05) is 21.6 Å². The van der Waals surface area contributed by atoms with Crippen LogP contribution in [-0.4, -0.2) is 36.0 Å². The van der Waals surface area contributed by atoms with Crippen molar-refractivity contribution in [3.63, 3.8) is 0 Å². The quantitative estimate of drug-likeness (QED) is 0.591. The van der Waals surface area contributed by atoms with Crippen molar-refractivity contribution >= 4 is 31.4 Å². The van der Waals surface area contributed by atoms with Gasteiger partial charge in [0, 0.05) is 17.0 Å². The van der Waals surface area contributed by atoms with E-state index >= 15 is 0 Å². The fraction of sp³-hybridized carbons (Fsp3) is 1.00. The Morgan fingerprint density at radius 3 is 2.00 bits per heavy atom. The van der Waals surface area contributed by atoms with Gasteiger partial charge in [0.2, 0.25) is 0 Å². The maximum atomic E-state index is 2.33. The smallest absolute Gasteiger partial charge is 0.0373 e. The highest BCUT2D eigenvalue weighted by atomic mass is 33.5. The monoisotopic (exact) mass is 195 g/mol. The summed E-state index contributed by atoms with van der Waals surface area (Å²) in [4.78, 5) is 2.33. The zero-order valence-corrected chi connectivity index (χ0v) is 9.04. The van der Waals surface area contributed by atoms with Crippen LogP contribution in [0, 0.1) is 0 Å². The van der Waals surface area contributed by atoms with Crippen molar-refractivity contribution in [3.05, 3.63) is 0 Å². The maximum Gasteiger partial charge on any atom is 0.0373 e. The highest BCUT2D eigenvalue weighted by molar-refractivity contribution is 9.09. The molecule has 1 aliphatic rings. The SMILES string of the molecule is CN(C)C1(C)CSSSC1. The van der Waals surface area contributed by atoms with E-state index in [2.05, 4.69) is 25.9 Å². The first kappa shape index (κ1) is 9.10. The van der Waals surface area contributed by atoms with Crippen molar-refractivity contribution in [1.82, 2.24) is 4.90 Å². The number of hydrogen-bond acceptors (Lipinski definition) is 4. The summed E-state index contributed by atoms with van der Waals surface area (Å²) in [7, 11) is 10.2. The second-order valence-electron chi connectivity index (χ2n) is 2.98. The number of hydrogen-bond donors (Lipinski definition) is 0. The Balaban J connectivity index is 2.48. The van der Waals surface area contributed by atoms with Gasteiger partial charge in [0.25, 0.3) is 0 Å². The molecule has 0 aromatic rings. The highest BCUT2D eigenvalue weighted by Gasteiger charge is 2.30. The van der Waals surface area contributed by atoms with Crippen LogP contribution in [0.15, 0.2) is 0 Å². The first-order valence-corrected chi connectivity index (χ1v) is 7.06. The fourth-order valence-corrected chi connectivity index (χ4v) is 5.65. The number of rotatable bonds is 1. The van der Waals surface area contributed by atoms with Gasteiger partial charge in [-0.15, -0.1) is 0 Å². The molecule has 4 heteroatoms. The summed E-state index contributed by atoms with van der Waals surface area (Å²) < 4.78 is 0. The van der Waals surface area contributed by atoms with E-state index in [4.69, 9.17) is 0 Å². The second-order valence-corrected chi connectivity index (χ2v) is 7.22. The Labute approximate surface area is 74.5 Å². The molecule has 0 aromatic carbocycles. The van der Waals surface area contributed by atoms with E-state index in [1.165, 1.54) is 11.5 Å². The van der Waals surface area contributed by atoms with Gasteiger partial charge in [-0.2, -0.15) is 0 Å². The molecule has 1 rings (SSSR count). The van der Waals surface area contributed by atoms with E-state index in [0.29, 0.717) is 5.54 Å². The summed E-state index contributed by atoms with van der Waals surface area (Å²) in [6, 6.07) is 0. The van der Waals surface area contributed by atoms with E-state index in [0.717, 1.165) is 0 Å². The predicted molar refractivity (Wildman–Crippen MR) is 54.6 cm³/mol. The number of nitrogens with zero attached hydrogens (tertiary/aromatic N) is 1. The van der Waals surface area contributed by atoms with Crippen LogP contribution in [-0.2, 0) is 0 Å². The van der Waals surface area contributed by atoms with Gasteiger partial charge in [0.1, 0.15) is 0 Å². The molecule has 1 nitrogen and oxygen atoms in total. The van der Waals surface area contributed by atoms with Crippen LogP contribution in [0.4, 0.5) is 0 Å². The van der Waals surface area contributed by atoms with Gasteiger partial charge in [-0.3, -0.25) is 0 Å². The van der Waals surface area contributed by atoms with E-state index < -0.39 is 0 Å². The standard InChI is InChI=1S/C6H13NS3/c1-6(7(2)3)4-8-10-9-5-6/h4-5H2,1-3H3. The van der Waals surface area contributed by atoms with Gasteiger partial charge in [-0.05, 0) is 30.8 Å². The summed E-state index contributed by atoms with van der Waals surface area (Å²) in [6.07, 6.45) is 0. The van der Waals surface area contributed by atoms with Crippen LogP contribution in [0.5, 0.6) is 0 Å². The lowest BCUT2D eigenvalue weighted by atomic mass is 10.1. The minimum atomic E-state index is 0.417. The Morgan fingerprint density at radius 2 is 1.70 bits per heavy atom. The molecule has 10 heavy (non-hydrogen) atoms. The van der Waals surface area contributed by atoms with E-state index in [1.54, 1.807) is 0 Å². The molecular formula is C6H13NS3. The zero-order chi connectivity index (χ0) is 7.61. The van der Waals surface area contributed by atoms with Crippen molar-refractivity contribution in [2.75, 3.05) is 25.6 Å². The molecule has 1 saturated heterocycles. The summed E-state index contributed by atoms with van der Waals surface area (Å²) in [6.45, 7) is 2.33. The van der Waals surface area contributed by atoms with Crippen molar-refractivity contribution in [3.8, 4) is 0 Å². The molecule has 1 aliphatic heterocycles. The maximum absolute atomic E-state index is 2.33. The highest BCUT2D eigenvalue weighted by Crippen LogP contribution is 2.45. The summed E-state index contributed by atoms with van der Waals surface area (Å²) in [5.74, 6) is 2.50. The van der Waals surface area contributed by atoms with Crippen molar-refractivity contribution < 1.29 is 0 Å². The van der Waals surface area contributed by atoms with Crippen molar-refractivity contribution in [1.29, 1.82) is 0 Å². The molecular weight excluding hydrogens is 182 g/mol. The van der Waals surface area contributed by atoms with Crippen LogP contribution < -0.4 is 0 Å². The lowest BCUT2D eigenvalue weighted by Gasteiger charge is -2.38. The summed E-state index contributed by atoms with van der Waals surface area (Å²) >= 11 is 0. The fourth-order valence-electron chi connectivity index (χ4n) is 0.636. The molecule has 0 N–H and O–H groups in total. The third-order valence-electron chi connectivity index (χ3n) is 1.92.